The van der Waals surface area contributed by atoms with Crippen LogP contribution in [0.1, 0.15) is 284 Å². The Morgan fingerprint density at radius 3 is 1.22 bits per heavy atom. The molecule has 0 spiro atoms. The number of carbonyl (C=O) groups is 2. The Kier molecular flexibility index (Phi) is 47.1. The minimum absolute atomic E-state index is 0.00555. The zero-order chi connectivity index (χ0) is 42.3. The van der Waals surface area contributed by atoms with Crippen LogP contribution in [0.2, 0.25) is 0 Å². The molecule has 0 saturated heterocycles. The first-order valence-electron chi connectivity index (χ1n) is 25.9. The second-order valence-corrected chi connectivity index (χ2v) is 17.9. The third-order valence-electron chi connectivity index (χ3n) is 12.1. The predicted octanol–water partition coefficient (Wildman–Crippen LogP) is 15.3. The first kappa shape index (κ1) is 56.6. The van der Waals surface area contributed by atoms with Gasteiger partial charge >= 0.3 is 5.97 Å². The van der Waals surface area contributed by atoms with Crippen molar-refractivity contribution in [3.05, 3.63) is 12.2 Å². The highest BCUT2D eigenvalue weighted by molar-refractivity contribution is 5.76. The zero-order valence-corrected chi connectivity index (χ0v) is 39.0. The molecule has 2 atom stereocenters. The summed E-state index contributed by atoms with van der Waals surface area (Å²) in [6, 6.07) is -0.547. The maximum absolute atomic E-state index is 12.4. The number of aliphatic hydroxyl groups is 2. The summed E-state index contributed by atoms with van der Waals surface area (Å²) in [7, 11) is 0. The van der Waals surface area contributed by atoms with Crippen LogP contribution in [-0.2, 0) is 14.3 Å². The molecule has 0 saturated carbocycles. The number of aliphatic hydroxyl groups excluding tert-OH is 2. The summed E-state index contributed by atoms with van der Waals surface area (Å²) in [5, 5.41) is 23.1. The Balaban J connectivity index is 3.41. The van der Waals surface area contributed by atoms with Crippen molar-refractivity contribution in [2.45, 2.75) is 296 Å². The van der Waals surface area contributed by atoms with Gasteiger partial charge in [-0.3, -0.25) is 9.59 Å². The number of nitrogens with one attached hydrogen (secondary N) is 1. The normalized spacial score (nSPS) is 12.7. The van der Waals surface area contributed by atoms with E-state index in [0.29, 0.717) is 25.9 Å². The second-order valence-electron chi connectivity index (χ2n) is 17.9. The molecule has 0 fully saturated rings. The van der Waals surface area contributed by atoms with Gasteiger partial charge in [0.2, 0.25) is 5.91 Å². The standard InChI is InChI=1S/C52H101NO5/c1-3-5-7-9-11-13-15-16-17-18-19-23-26-30-34-38-42-46-52(57)58-47-43-39-35-31-27-24-21-20-22-25-29-33-37-41-45-51(56)53-49(48-54)50(55)44-40-36-32-28-14-12-10-8-6-4-2/h16-17,49-50,54-55H,3-15,18-48H2,1-2H3,(H,53,56)/b17-16-. The van der Waals surface area contributed by atoms with Crippen LogP contribution >= 0.6 is 0 Å². The number of hydrogen-bond acceptors (Lipinski definition) is 5. The molecule has 6 heteroatoms. The Bertz CT molecular complexity index is 863. The van der Waals surface area contributed by atoms with Crippen molar-refractivity contribution in [1.82, 2.24) is 5.32 Å². The van der Waals surface area contributed by atoms with Crippen molar-refractivity contribution in [2.75, 3.05) is 13.2 Å². The molecule has 2 unspecified atom stereocenters. The molecule has 0 radical (unpaired) electrons. The van der Waals surface area contributed by atoms with E-state index < -0.39 is 12.1 Å². The topological polar surface area (TPSA) is 95.9 Å². The number of amides is 1. The van der Waals surface area contributed by atoms with Gasteiger partial charge in [-0.05, 0) is 51.4 Å². The number of hydrogen-bond donors (Lipinski definition) is 3. The van der Waals surface area contributed by atoms with Crippen molar-refractivity contribution in [3.8, 4) is 0 Å². The SMILES string of the molecule is CCCCCCCC/C=C\CCCCCCCCCC(=O)OCCCCCCCCCCCCCCCCC(=O)NC(CO)C(O)CCCCCCCCCCCC. The van der Waals surface area contributed by atoms with Gasteiger partial charge in [-0.25, -0.2) is 0 Å². The summed E-state index contributed by atoms with van der Waals surface area (Å²) in [4.78, 5) is 24.4. The van der Waals surface area contributed by atoms with Gasteiger partial charge in [0.1, 0.15) is 0 Å². The highest BCUT2D eigenvalue weighted by Gasteiger charge is 2.20. The van der Waals surface area contributed by atoms with Gasteiger partial charge in [0.15, 0.2) is 0 Å². The Hall–Kier alpha value is -1.40. The van der Waals surface area contributed by atoms with Gasteiger partial charge in [0.25, 0.3) is 0 Å². The first-order chi connectivity index (χ1) is 28.5. The van der Waals surface area contributed by atoms with Crippen molar-refractivity contribution in [1.29, 1.82) is 0 Å². The van der Waals surface area contributed by atoms with Gasteiger partial charge < -0.3 is 20.3 Å². The highest BCUT2D eigenvalue weighted by Crippen LogP contribution is 2.16. The lowest BCUT2D eigenvalue weighted by Gasteiger charge is -2.22. The van der Waals surface area contributed by atoms with E-state index in [-0.39, 0.29) is 18.5 Å². The number of rotatable bonds is 48. The molecule has 0 aromatic rings. The molecule has 3 N–H and O–H groups in total. The molecule has 0 aliphatic rings. The van der Waals surface area contributed by atoms with Crippen LogP contribution in [0.5, 0.6) is 0 Å². The summed E-state index contributed by atoms with van der Waals surface area (Å²) >= 11 is 0. The van der Waals surface area contributed by atoms with Crippen molar-refractivity contribution in [2.24, 2.45) is 0 Å². The van der Waals surface area contributed by atoms with Crippen LogP contribution in [0.4, 0.5) is 0 Å². The molecule has 0 aromatic carbocycles. The van der Waals surface area contributed by atoms with Crippen LogP contribution in [0.15, 0.2) is 12.2 Å². The third kappa shape index (κ3) is 44.2. The van der Waals surface area contributed by atoms with Gasteiger partial charge in [-0.15, -0.1) is 0 Å². The van der Waals surface area contributed by atoms with Crippen molar-refractivity contribution >= 4 is 11.9 Å². The molecule has 0 bridgehead atoms. The molecule has 0 rings (SSSR count). The third-order valence-corrected chi connectivity index (χ3v) is 12.1. The van der Waals surface area contributed by atoms with Crippen LogP contribution in [0, 0.1) is 0 Å². The number of allylic oxidation sites excluding steroid dienone is 2. The number of esters is 1. The van der Waals surface area contributed by atoms with Gasteiger partial charge in [-0.1, -0.05) is 231 Å². The Morgan fingerprint density at radius 1 is 0.466 bits per heavy atom. The second kappa shape index (κ2) is 48.3. The lowest BCUT2D eigenvalue weighted by molar-refractivity contribution is -0.143. The fourth-order valence-corrected chi connectivity index (χ4v) is 8.05. The summed E-state index contributed by atoms with van der Waals surface area (Å²) in [5.41, 5.74) is 0. The lowest BCUT2D eigenvalue weighted by Crippen LogP contribution is -2.45. The van der Waals surface area contributed by atoms with E-state index in [1.807, 2.05) is 0 Å². The summed E-state index contributed by atoms with van der Waals surface area (Å²) in [6.07, 6.45) is 54.7. The van der Waals surface area contributed by atoms with E-state index in [1.54, 1.807) is 0 Å². The first-order valence-corrected chi connectivity index (χ1v) is 25.9. The molecule has 0 aliphatic carbocycles. The molecule has 58 heavy (non-hydrogen) atoms. The monoisotopic (exact) mass is 820 g/mol. The van der Waals surface area contributed by atoms with E-state index in [1.165, 1.54) is 199 Å². The average molecular weight is 820 g/mol. The number of carbonyl (C=O) groups excluding carboxylic acids is 2. The zero-order valence-electron chi connectivity index (χ0n) is 39.0. The van der Waals surface area contributed by atoms with Gasteiger partial charge in [0, 0.05) is 12.8 Å². The molecular weight excluding hydrogens is 719 g/mol. The molecule has 0 heterocycles. The Morgan fingerprint density at radius 2 is 0.810 bits per heavy atom. The van der Waals surface area contributed by atoms with E-state index in [4.69, 9.17) is 4.74 Å². The van der Waals surface area contributed by atoms with Crippen LogP contribution in [0.3, 0.4) is 0 Å². The molecule has 0 aromatic heterocycles. The molecule has 0 aliphatic heterocycles. The lowest BCUT2D eigenvalue weighted by atomic mass is 10.0. The van der Waals surface area contributed by atoms with E-state index in [9.17, 15) is 19.8 Å². The summed E-state index contributed by atoms with van der Waals surface area (Å²) in [6.45, 7) is 4.91. The quantitative estimate of drug-likeness (QED) is 0.0323. The fraction of sp³-hybridized carbons (Fsp3) is 0.923. The predicted molar refractivity (Wildman–Crippen MR) is 250 cm³/mol. The van der Waals surface area contributed by atoms with Crippen LogP contribution in [0.25, 0.3) is 0 Å². The van der Waals surface area contributed by atoms with Gasteiger partial charge in [0.05, 0.1) is 25.4 Å². The maximum Gasteiger partial charge on any atom is 0.305 e. The van der Waals surface area contributed by atoms with Crippen molar-refractivity contribution in [3.63, 3.8) is 0 Å². The summed E-state index contributed by atoms with van der Waals surface area (Å²) < 4.78 is 5.47. The highest BCUT2D eigenvalue weighted by atomic mass is 16.5. The van der Waals surface area contributed by atoms with Crippen LogP contribution in [-0.4, -0.2) is 47.4 Å². The molecule has 344 valence electrons. The fourth-order valence-electron chi connectivity index (χ4n) is 8.05. The minimum atomic E-state index is -0.668. The maximum atomic E-state index is 12.4. The molecule has 1 amide bonds. The molecular formula is C52H101NO5. The number of ether oxygens (including phenoxy) is 1. The van der Waals surface area contributed by atoms with Crippen LogP contribution < -0.4 is 5.32 Å². The molecule has 6 nitrogen and oxygen atoms in total. The smallest absolute Gasteiger partial charge is 0.305 e. The van der Waals surface area contributed by atoms with E-state index in [0.717, 1.165) is 51.4 Å². The Labute approximate surface area is 361 Å². The van der Waals surface area contributed by atoms with Crippen molar-refractivity contribution < 1.29 is 24.5 Å². The average Bonchev–Trinajstić information content (AvgIpc) is 3.22. The number of unbranched alkanes of at least 4 members (excludes halogenated alkanes) is 35. The largest absolute Gasteiger partial charge is 0.466 e. The van der Waals surface area contributed by atoms with Gasteiger partial charge in [-0.2, -0.15) is 0 Å². The summed E-state index contributed by atoms with van der Waals surface area (Å²) in [5.74, 6) is -0.0524. The minimum Gasteiger partial charge on any atom is -0.466 e. The van der Waals surface area contributed by atoms with E-state index in [2.05, 4.69) is 31.3 Å². The van der Waals surface area contributed by atoms with E-state index >= 15 is 0 Å².